The summed E-state index contributed by atoms with van der Waals surface area (Å²) in [5.41, 5.74) is 0. The molecule has 0 spiro atoms. The molecule has 0 amide bonds. The summed E-state index contributed by atoms with van der Waals surface area (Å²) in [6.45, 7) is 0. The van der Waals surface area contributed by atoms with Crippen molar-refractivity contribution in [3.63, 3.8) is 0 Å². The molecule has 0 saturated heterocycles. The van der Waals surface area contributed by atoms with Crippen molar-refractivity contribution in [2.24, 2.45) is 5.92 Å². The van der Waals surface area contributed by atoms with Crippen LogP contribution >= 0.6 is 10.7 Å². The molecule has 2 nitrogen and oxygen atoms in total. The molecule has 11 heavy (non-hydrogen) atoms. The van der Waals surface area contributed by atoms with Crippen LogP contribution in [0.25, 0.3) is 0 Å². The van der Waals surface area contributed by atoms with Crippen molar-refractivity contribution < 1.29 is 8.95 Å². The van der Waals surface area contributed by atoms with E-state index in [1.54, 1.807) is 7.11 Å². The Morgan fingerprint density at radius 3 is 2.64 bits per heavy atom. The molecule has 2 unspecified atom stereocenters. The molecule has 0 heterocycles. The fourth-order valence-electron chi connectivity index (χ4n) is 1.34. The molecule has 1 aliphatic rings. The van der Waals surface area contributed by atoms with Crippen LogP contribution in [-0.2, 0) is 14.7 Å². The largest absolute Gasteiger partial charge is 0.380 e. The lowest BCUT2D eigenvalue weighted by molar-refractivity contribution is 0.0361. The topological polar surface area (TPSA) is 26.3 Å². The second-order valence-corrected chi connectivity index (χ2v) is 4.87. The first-order valence-electron chi connectivity index (χ1n) is 3.81. The Balaban J connectivity index is 2.29. The standard InChI is InChI=1S/C7H13ClO2S/c1-10-7(5-11(8)9)6-3-2-4-6/h6-7H,2-5H2,1H3. The Labute approximate surface area is 74.2 Å². The van der Waals surface area contributed by atoms with Crippen LogP contribution in [0.4, 0.5) is 0 Å². The van der Waals surface area contributed by atoms with Crippen LogP contribution in [0.3, 0.4) is 0 Å². The van der Waals surface area contributed by atoms with Gasteiger partial charge < -0.3 is 4.74 Å². The van der Waals surface area contributed by atoms with Crippen molar-refractivity contribution in [1.29, 1.82) is 0 Å². The van der Waals surface area contributed by atoms with Crippen molar-refractivity contribution in [3.05, 3.63) is 0 Å². The van der Waals surface area contributed by atoms with E-state index in [1.165, 1.54) is 19.3 Å². The molecule has 0 aliphatic heterocycles. The summed E-state index contributed by atoms with van der Waals surface area (Å²) < 4.78 is 15.8. The quantitative estimate of drug-likeness (QED) is 0.640. The average molecular weight is 197 g/mol. The molecule has 0 N–H and O–H groups in total. The van der Waals surface area contributed by atoms with Crippen molar-refractivity contribution in [3.8, 4) is 0 Å². The summed E-state index contributed by atoms with van der Waals surface area (Å²) >= 11 is 0. The second kappa shape index (κ2) is 4.43. The van der Waals surface area contributed by atoms with Crippen LogP contribution in [0.15, 0.2) is 0 Å². The van der Waals surface area contributed by atoms with Crippen molar-refractivity contribution in [1.82, 2.24) is 0 Å². The van der Waals surface area contributed by atoms with Crippen LogP contribution in [0.5, 0.6) is 0 Å². The molecule has 4 heteroatoms. The second-order valence-electron chi connectivity index (χ2n) is 2.92. The van der Waals surface area contributed by atoms with E-state index in [1.807, 2.05) is 0 Å². The summed E-state index contributed by atoms with van der Waals surface area (Å²) in [6, 6.07) is 0. The molecule has 1 fully saturated rings. The average Bonchev–Trinajstić information content (AvgIpc) is 1.81. The molecule has 0 radical (unpaired) electrons. The first kappa shape index (κ1) is 9.49. The minimum Gasteiger partial charge on any atom is -0.380 e. The van der Waals surface area contributed by atoms with Crippen molar-refractivity contribution in [2.45, 2.75) is 25.4 Å². The molecule has 2 atom stereocenters. The van der Waals surface area contributed by atoms with E-state index < -0.39 is 10.0 Å². The molecule has 66 valence electrons. The summed E-state index contributed by atoms with van der Waals surface area (Å²) in [7, 11) is 5.79. The van der Waals surface area contributed by atoms with Gasteiger partial charge in [0.2, 0.25) is 0 Å². The van der Waals surface area contributed by atoms with Gasteiger partial charge in [-0.2, -0.15) is 0 Å². The van der Waals surface area contributed by atoms with E-state index in [0.29, 0.717) is 11.7 Å². The smallest absolute Gasteiger partial charge is 0.117 e. The third-order valence-electron chi connectivity index (χ3n) is 2.27. The molecule has 0 aromatic rings. The molecule has 1 aliphatic carbocycles. The zero-order chi connectivity index (χ0) is 8.27. The van der Waals surface area contributed by atoms with Crippen LogP contribution in [0.1, 0.15) is 19.3 Å². The fraction of sp³-hybridized carbons (Fsp3) is 1.00. The number of methoxy groups -OCH3 is 1. The highest BCUT2D eigenvalue weighted by Gasteiger charge is 2.28. The zero-order valence-corrected chi connectivity index (χ0v) is 8.16. The van der Waals surface area contributed by atoms with Gasteiger partial charge in [-0.3, -0.25) is 0 Å². The first-order valence-corrected chi connectivity index (χ1v) is 5.96. The fourth-order valence-corrected chi connectivity index (χ4v) is 2.38. The number of halogens is 1. The van der Waals surface area contributed by atoms with Gasteiger partial charge in [-0.05, 0) is 29.4 Å². The summed E-state index contributed by atoms with van der Waals surface area (Å²) in [6.07, 6.45) is 3.79. The van der Waals surface area contributed by atoms with Gasteiger partial charge >= 0.3 is 0 Å². The molecular formula is C7H13ClO2S. The zero-order valence-electron chi connectivity index (χ0n) is 6.59. The molecular weight excluding hydrogens is 184 g/mol. The van der Waals surface area contributed by atoms with Crippen LogP contribution in [-0.4, -0.2) is 23.2 Å². The number of rotatable bonds is 4. The maximum atomic E-state index is 10.7. The summed E-state index contributed by atoms with van der Waals surface area (Å²) in [4.78, 5) is 0. The summed E-state index contributed by atoms with van der Waals surface area (Å²) in [5.74, 6) is 1.07. The molecule has 0 aromatic heterocycles. The highest BCUT2D eigenvalue weighted by molar-refractivity contribution is 8.08. The normalized spacial score (nSPS) is 24.2. The van der Waals surface area contributed by atoms with E-state index in [2.05, 4.69) is 0 Å². The van der Waals surface area contributed by atoms with Gasteiger partial charge in [0.15, 0.2) is 0 Å². The number of ether oxygens (including phenoxy) is 1. The van der Waals surface area contributed by atoms with E-state index in [4.69, 9.17) is 15.4 Å². The minimum absolute atomic E-state index is 0.113. The van der Waals surface area contributed by atoms with Gasteiger partial charge in [0, 0.05) is 7.11 Å². The van der Waals surface area contributed by atoms with E-state index in [0.717, 1.165) is 0 Å². The van der Waals surface area contributed by atoms with Gasteiger partial charge in [-0.15, -0.1) is 0 Å². The number of hydrogen-bond donors (Lipinski definition) is 0. The summed E-state index contributed by atoms with van der Waals surface area (Å²) in [5, 5.41) is 0. The van der Waals surface area contributed by atoms with E-state index in [9.17, 15) is 4.21 Å². The highest BCUT2D eigenvalue weighted by atomic mass is 35.7. The first-order chi connectivity index (χ1) is 5.24. The van der Waals surface area contributed by atoms with Crippen molar-refractivity contribution >= 4 is 20.7 Å². The predicted octanol–water partition coefficient (Wildman–Crippen LogP) is 1.70. The maximum Gasteiger partial charge on any atom is 0.117 e. The van der Waals surface area contributed by atoms with Crippen LogP contribution in [0, 0.1) is 5.92 Å². The molecule has 0 bridgehead atoms. The molecule has 1 rings (SSSR count). The highest BCUT2D eigenvalue weighted by Crippen LogP contribution is 2.31. The monoisotopic (exact) mass is 196 g/mol. The third-order valence-corrected chi connectivity index (χ3v) is 3.24. The molecule has 0 aromatic carbocycles. The van der Waals surface area contributed by atoms with E-state index in [-0.39, 0.29) is 6.10 Å². The Morgan fingerprint density at radius 1 is 1.73 bits per heavy atom. The van der Waals surface area contributed by atoms with E-state index >= 15 is 0 Å². The lowest BCUT2D eigenvalue weighted by Crippen LogP contribution is -2.32. The van der Waals surface area contributed by atoms with Crippen LogP contribution in [0.2, 0.25) is 0 Å². The Bertz CT molecular complexity index is 147. The lowest BCUT2D eigenvalue weighted by Gasteiger charge is -2.31. The third kappa shape index (κ3) is 2.73. The van der Waals surface area contributed by atoms with Gasteiger partial charge in [-0.25, -0.2) is 4.21 Å². The Hall–Kier alpha value is 0.400. The number of hydrogen-bond acceptors (Lipinski definition) is 2. The van der Waals surface area contributed by atoms with Crippen LogP contribution < -0.4 is 0 Å². The van der Waals surface area contributed by atoms with Gasteiger partial charge in [0.1, 0.15) is 10.0 Å². The Kier molecular flexibility index (Phi) is 3.82. The maximum absolute atomic E-state index is 10.7. The predicted molar refractivity (Wildman–Crippen MR) is 47.0 cm³/mol. The van der Waals surface area contributed by atoms with Gasteiger partial charge in [0.05, 0.1) is 11.9 Å². The SMILES string of the molecule is COC(CS(=O)Cl)C1CCC1. The van der Waals surface area contributed by atoms with Gasteiger partial charge in [0.25, 0.3) is 0 Å². The molecule has 1 saturated carbocycles. The Morgan fingerprint density at radius 2 is 2.36 bits per heavy atom. The lowest BCUT2D eigenvalue weighted by atomic mass is 9.82. The minimum atomic E-state index is -1.24. The van der Waals surface area contributed by atoms with Gasteiger partial charge in [-0.1, -0.05) is 6.42 Å². The van der Waals surface area contributed by atoms with Crippen molar-refractivity contribution in [2.75, 3.05) is 12.9 Å².